The van der Waals surface area contributed by atoms with Gasteiger partial charge in [-0.1, -0.05) is 24.3 Å². The lowest BCUT2D eigenvalue weighted by molar-refractivity contribution is -0.116. The van der Waals surface area contributed by atoms with Gasteiger partial charge >= 0.3 is 6.09 Å². The Hall–Kier alpha value is -3.41. The van der Waals surface area contributed by atoms with E-state index in [1.165, 1.54) is 0 Å². The highest BCUT2D eigenvalue weighted by Gasteiger charge is 2.30. The second-order valence-corrected chi connectivity index (χ2v) is 6.79. The summed E-state index contributed by atoms with van der Waals surface area (Å²) in [5, 5.41) is 5.11. The van der Waals surface area contributed by atoms with Crippen molar-refractivity contribution in [1.82, 2.24) is 4.98 Å². The van der Waals surface area contributed by atoms with Gasteiger partial charge in [0, 0.05) is 41.5 Å². The molecule has 2 aromatic carbocycles. The number of anilines is 2. The van der Waals surface area contributed by atoms with E-state index in [-0.39, 0.29) is 17.9 Å². The van der Waals surface area contributed by atoms with Gasteiger partial charge in [0.05, 0.1) is 6.54 Å². The van der Waals surface area contributed by atoms with Crippen molar-refractivity contribution < 1.29 is 14.3 Å². The molecule has 1 saturated heterocycles. The SMILES string of the molecule is O=C1C[C@@H](c2cccc3cnccc23)c2ccc(N3CCOC3=O)cc2N1. The van der Waals surface area contributed by atoms with Gasteiger partial charge in [-0.2, -0.15) is 0 Å². The number of carbonyl (C=O) groups excluding carboxylic acids is 2. The van der Waals surface area contributed by atoms with Gasteiger partial charge in [0.15, 0.2) is 0 Å². The van der Waals surface area contributed by atoms with E-state index in [4.69, 9.17) is 4.74 Å². The monoisotopic (exact) mass is 359 g/mol. The second kappa shape index (κ2) is 6.09. The van der Waals surface area contributed by atoms with Crippen LogP contribution in [0.3, 0.4) is 0 Å². The van der Waals surface area contributed by atoms with Gasteiger partial charge in [-0.3, -0.25) is 14.7 Å². The average Bonchev–Trinajstić information content (AvgIpc) is 3.12. The third kappa shape index (κ3) is 2.61. The zero-order valence-corrected chi connectivity index (χ0v) is 14.5. The summed E-state index contributed by atoms with van der Waals surface area (Å²) in [6.07, 6.45) is 3.65. The van der Waals surface area contributed by atoms with Gasteiger partial charge in [-0.15, -0.1) is 0 Å². The number of hydrogen-bond donors (Lipinski definition) is 1. The summed E-state index contributed by atoms with van der Waals surface area (Å²) in [5.74, 6) is -0.0702. The number of amides is 2. The number of cyclic esters (lactones) is 1. The molecule has 2 aliphatic rings. The largest absolute Gasteiger partial charge is 0.447 e. The smallest absolute Gasteiger partial charge is 0.414 e. The summed E-state index contributed by atoms with van der Waals surface area (Å²) in [5.41, 5.74) is 3.65. The fourth-order valence-electron chi connectivity index (χ4n) is 3.98. The molecule has 5 rings (SSSR count). The molecule has 0 spiro atoms. The van der Waals surface area contributed by atoms with E-state index >= 15 is 0 Å². The molecule has 1 aromatic heterocycles. The Morgan fingerprint density at radius 1 is 1.11 bits per heavy atom. The first kappa shape index (κ1) is 15.8. The molecule has 1 atom stereocenters. The summed E-state index contributed by atoms with van der Waals surface area (Å²) in [6, 6.07) is 13.9. The molecule has 134 valence electrons. The Bertz CT molecular complexity index is 1070. The van der Waals surface area contributed by atoms with E-state index in [0.717, 1.165) is 33.3 Å². The number of nitrogens with zero attached hydrogens (tertiary/aromatic N) is 2. The van der Waals surface area contributed by atoms with Gasteiger partial charge in [-0.05, 0) is 34.7 Å². The lowest BCUT2D eigenvalue weighted by Crippen LogP contribution is -2.26. The number of carbonyl (C=O) groups is 2. The van der Waals surface area contributed by atoms with Crippen molar-refractivity contribution in [2.45, 2.75) is 12.3 Å². The number of nitrogens with one attached hydrogen (secondary N) is 1. The van der Waals surface area contributed by atoms with Gasteiger partial charge in [0.2, 0.25) is 5.91 Å². The van der Waals surface area contributed by atoms with Crippen LogP contribution in [0.2, 0.25) is 0 Å². The summed E-state index contributed by atoms with van der Waals surface area (Å²) in [4.78, 5) is 30.0. The number of hydrogen-bond acceptors (Lipinski definition) is 4. The van der Waals surface area contributed by atoms with Gasteiger partial charge in [-0.25, -0.2) is 4.79 Å². The van der Waals surface area contributed by atoms with Crippen LogP contribution in [-0.4, -0.2) is 30.1 Å². The fourth-order valence-corrected chi connectivity index (χ4v) is 3.98. The topological polar surface area (TPSA) is 71.5 Å². The highest BCUT2D eigenvalue weighted by atomic mass is 16.6. The van der Waals surface area contributed by atoms with Crippen LogP contribution in [0, 0.1) is 0 Å². The van der Waals surface area contributed by atoms with Crippen molar-refractivity contribution >= 4 is 34.1 Å². The number of pyridine rings is 1. The van der Waals surface area contributed by atoms with Crippen molar-refractivity contribution in [3.8, 4) is 0 Å². The molecule has 0 saturated carbocycles. The molecule has 27 heavy (non-hydrogen) atoms. The minimum absolute atomic E-state index is 0.0280. The van der Waals surface area contributed by atoms with Crippen molar-refractivity contribution in [3.05, 3.63) is 66.0 Å². The van der Waals surface area contributed by atoms with Gasteiger partial charge < -0.3 is 10.1 Å². The first-order valence-corrected chi connectivity index (χ1v) is 8.91. The molecule has 0 radical (unpaired) electrons. The van der Waals surface area contributed by atoms with E-state index < -0.39 is 0 Å². The van der Waals surface area contributed by atoms with Crippen molar-refractivity contribution in [3.63, 3.8) is 0 Å². The Morgan fingerprint density at radius 3 is 2.89 bits per heavy atom. The maximum atomic E-state index is 12.4. The minimum atomic E-state index is -0.352. The molecular formula is C21H17N3O3. The summed E-state index contributed by atoms with van der Waals surface area (Å²) >= 11 is 0. The zero-order chi connectivity index (χ0) is 18.4. The highest BCUT2D eigenvalue weighted by molar-refractivity contribution is 5.98. The fraction of sp³-hybridized carbons (Fsp3) is 0.190. The standard InChI is InChI=1S/C21H17N3O3/c25-20-11-18(16-3-1-2-13-12-22-7-6-15(13)16)17-5-4-14(10-19(17)23-20)24-8-9-27-21(24)26/h1-7,10,12,18H,8-9,11H2,(H,23,25)/t18-/m0/s1. The molecule has 6 heteroatoms. The molecule has 2 aliphatic heterocycles. The van der Waals surface area contributed by atoms with E-state index in [2.05, 4.69) is 16.4 Å². The summed E-state index contributed by atoms with van der Waals surface area (Å²) in [6.45, 7) is 0.903. The number of ether oxygens (including phenoxy) is 1. The molecular weight excluding hydrogens is 342 g/mol. The minimum Gasteiger partial charge on any atom is -0.447 e. The van der Waals surface area contributed by atoms with E-state index in [9.17, 15) is 9.59 Å². The number of fused-ring (bicyclic) bond motifs is 2. The number of benzene rings is 2. The van der Waals surface area contributed by atoms with Crippen molar-refractivity contribution in [1.29, 1.82) is 0 Å². The Balaban J connectivity index is 1.62. The molecule has 0 bridgehead atoms. The van der Waals surface area contributed by atoms with Crippen LogP contribution in [-0.2, 0) is 9.53 Å². The highest BCUT2D eigenvalue weighted by Crippen LogP contribution is 2.41. The molecule has 3 aromatic rings. The van der Waals surface area contributed by atoms with E-state index in [1.54, 1.807) is 11.1 Å². The number of aromatic nitrogens is 1. The normalized spacial score (nSPS) is 19.0. The van der Waals surface area contributed by atoms with Crippen LogP contribution in [0.15, 0.2) is 54.9 Å². The van der Waals surface area contributed by atoms with E-state index in [1.807, 2.05) is 42.6 Å². The number of rotatable bonds is 2. The van der Waals surface area contributed by atoms with Gasteiger partial charge in [0.25, 0.3) is 0 Å². The lowest BCUT2D eigenvalue weighted by Gasteiger charge is -2.28. The van der Waals surface area contributed by atoms with Crippen molar-refractivity contribution in [2.75, 3.05) is 23.4 Å². The maximum Gasteiger partial charge on any atom is 0.414 e. The zero-order valence-electron chi connectivity index (χ0n) is 14.5. The second-order valence-electron chi connectivity index (χ2n) is 6.79. The predicted octanol–water partition coefficient (Wildman–Crippen LogP) is 3.67. The lowest BCUT2D eigenvalue weighted by atomic mass is 9.82. The quantitative estimate of drug-likeness (QED) is 0.758. The Kier molecular flexibility index (Phi) is 3.57. The van der Waals surface area contributed by atoms with Crippen LogP contribution in [0.4, 0.5) is 16.2 Å². The first-order valence-electron chi connectivity index (χ1n) is 8.91. The third-order valence-electron chi connectivity index (χ3n) is 5.24. The van der Waals surface area contributed by atoms with Crippen molar-refractivity contribution in [2.24, 2.45) is 0 Å². The van der Waals surface area contributed by atoms with Crippen LogP contribution in [0.25, 0.3) is 10.8 Å². The van der Waals surface area contributed by atoms with Gasteiger partial charge in [0.1, 0.15) is 6.61 Å². The molecule has 2 amide bonds. The summed E-state index contributed by atoms with van der Waals surface area (Å²) in [7, 11) is 0. The molecule has 0 unspecified atom stereocenters. The predicted molar refractivity (Wildman–Crippen MR) is 102 cm³/mol. The maximum absolute atomic E-state index is 12.4. The Labute approximate surface area is 155 Å². The summed E-state index contributed by atoms with van der Waals surface area (Å²) < 4.78 is 5.02. The van der Waals surface area contributed by atoms with E-state index in [0.29, 0.717) is 19.6 Å². The molecule has 0 aliphatic carbocycles. The van der Waals surface area contributed by atoms with Crippen LogP contribution in [0.1, 0.15) is 23.5 Å². The molecule has 6 nitrogen and oxygen atoms in total. The average molecular weight is 359 g/mol. The molecule has 1 fully saturated rings. The molecule has 3 heterocycles. The van der Waals surface area contributed by atoms with Crippen LogP contribution in [0.5, 0.6) is 0 Å². The Morgan fingerprint density at radius 2 is 2.04 bits per heavy atom. The van der Waals surface area contributed by atoms with Crippen LogP contribution < -0.4 is 10.2 Å². The molecule has 1 N–H and O–H groups in total. The third-order valence-corrected chi connectivity index (χ3v) is 5.24. The first-order chi connectivity index (χ1) is 13.2. The van der Waals surface area contributed by atoms with Crippen LogP contribution >= 0.6 is 0 Å².